The van der Waals surface area contributed by atoms with Gasteiger partial charge in [-0.25, -0.2) is 4.39 Å². The van der Waals surface area contributed by atoms with Gasteiger partial charge in [0.2, 0.25) is 0 Å². The Morgan fingerprint density at radius 1 is 1.00 bits per heavy atom. The van der Waals surface area contributed by atoms with E-state index in [0.29, 0.717) is 22.6 Å². The number of ketones is 1. The zero-order valence-corrected chi connectivity index (χ0v) is 15.7. The van der Waals surface area contributed by atoms with Gasteiger partial charge in [-0.15, -0.1) is 0 Å². The normalized spacial score (nSPS) is 10.3. The van der Waals surface area contributed by atoms with Crippen molar-refractivity contribution >= 4 is 11.7 Å². The van der Waals surface area contributed by atoms with Crippen LogP contribution in [-0.2, 0) is 11.3 Å². The Labute approximate surface area is 157 Å². The van der Waals surface area contributed by atoms with Gasteiger partial charge in [-0.2, -0.15) is 0 Å². The number of hydrogen-bond donors (Lipinski definition) is 0. The van der Waals surface area contributed by atoms with Gasteiger partial charge in [0.1, 0.15) is 0 Å². The monoisotopic (exact) mass is 375 g/mol. The number of methoxy groups -OCH3 is 2. The minimum atomic E-state index is -0.484. The Balaban J connectivity index is 1.98. The quantitative estimate of drug-likeness (QED) is 0.664. The summed E-state index contributed by atoms with van der Waals surface area (Å²) < 4.78 is 29.4. The van der Waals surface area contributed by atoms with Gasteiger partial charge in [0.15, 0.2) is 35.5 Å². The van der Waals surface area contributed by atoms with Crippen molar-refractivity contribution in [3.8, 4) is 17.2 Å². The second-order valence-electron chi connectivity index (χ2n) is 5.93. The number of halogens is 1. The molecule has 0 fully saturated rings. The predicted molar refractivity (Wildman–Crippen MR) is 97.9 cm³/mol. The summed E-state index contributed by atoms with van der Waals surface area (Å²) in [5.41, 5.74) is 1.12. The van der Waals surface area contributed by atoms with E-state index in [9.17, 15) is 14.0 Å². The number of carbonyl (C=O) groups excluding carboxylic acids is 2. The van der Waals surface area contributed by atoms with Crippen LogP contribution < -0.4 is 14.2 Å². The summed E-state index contributed by atoms with van der Waals surface area (Å²) in [6.07, 6.45) is 0. The third kappa shape index (κ3) is 5.20. The smallest absolute Gasteiger partial charge is 0.260 e. The Morgan fingerprint density at radius 2 is 1.67 bits per heavy atom. The van der Waals surface area contributed by atoms with E-state index in [-0.39, 0.29) is 30.6 Å². The van der Waals surface area contributed by atoms with E-state index >= 15 is 0 Å². The fourth-order valence-corrected chi connectivity index (χ4v) is 2.43. The Morgan fingerprint density at radius 3 is 2.26 bits per heavy atom. The summed E-state index contributed by atoms with van der Waals surface area (Å²) in [6, 6.07) is 9.28. The van der Waals surface area contributed by atoms with Crippen LogP contribution in [0.2, 0.25) is 0 Å². The van der Waals surface area contributed by atoms with Crippen LogP contribution in [0.1, 0.15) is 22.8 Å². The number of benzene rings is 2. The molecule has 7 heteroatoms. The Bertz CT molecular complexity index is 837. The van der Waals surface area contributed by atoms with Crippen LogP contribution >= 0.6 is 0 Å². The van der Waals surface area contributed by atoms with Crippen LogP contribution in [0.15, 0.2) is 36.4 Å². The fourth-order valence-electron chi connectivity index (χ4n) is 2.43. The van der Waals surface area contributed by atoms with Crippen LogP contribution in [0.4, 0.5) is 4.39 Å². The number of hydrogen-bond acceptors (Lipinski definition) is 5. The molecule has 0 atom stereocenters. The number of nitrogens with zero attached hydrogens (tertiary/aromatic N) is 1. The van der Waals surface area contributed by atoms with Crippen LogP contribution in [0.5, 0.6) is 17.2 Å². The molecule has 0 radical (unpaired) electrons. The summed E-state index contributed by atoms with van der Waals surface area (Å²) in [5.74, 6) is 0.0148. The molecule has 144 valence electrons. The zero-order chi connectivity index (χ0) is 20.0. The zero-order valence-electron chi connectivity index (χ0n) is 15.7. The number of likely N-dealkylation sites (N-methyl/N-ethyl adjacent to an activating group) is 1. The predicted octanol–water partition coefficient (Wildman–Crippen LogP) is 3.08. The van der Waals surface area contributed by atoms with Gasteiger partial charge in [0, 0.05) is 19.2 Å². The van der Waals surface area contributed by atoms with Gasteiger partial charge in [-0.3, -0.25) is 9.59 Å². The number of carbonyl (C=O) groups is 2. The first-order valence-corrected chi connectivity index (χ1v) is 8.23. The van der Waals surface area contributed by atoms with Crippen molar-refractivity contribution in [3.63, 3.8) is 0 Å². The Kier molecular flexibility index (Phi) is 6.76. The highest BCUT2D eigenvalue weighted by Crippen LogP contribution is 2.28. The molecule has 0 heterocycles. The lowest BCUT2D eigenvalue weighted by atomic mass is 10.1. The fraction of sp³-hybridized carbons (Fsp3) is 0.300. The summed E-state index contributed by atoms with van der Waals surface area (Å²) in [7, 11) is 4.45. The van der Waals surface area contributed by atoms with Crippen LogP contribution in [0, 0.1) is 5.82 Å². The molecule has 0 aliphatic carbocycles. The molecule has 0 bridgehead atoms. The SMILES string of the molecule is COc1ccc(CN(C)C(=O)COc2ccc(C(C)=O)cc2OC)cc1F. The van der Waals surface area contributed by atoms with Gasteiger partial charge in [0.05, 0.1) is 14.2 Å². The van der Waals surface area contributed by atoms with E-state index in [2.05, 4.69) is 0 Å². The summed E-state index contributed by atoms with van der Waals surface area (Å²) in [5, 5.41) is 0. The largest absolute Gasteiger partial charge is 0.494 e. The maximum absolute atomic E-state index is 13.8. The van der Waals surface area contributed by atoms with E-state index in [4.69, 9.17) is 14.2 Å². The molecule has 2 rings (SSSR count). The Hall–Kier alpha value is -3.09. The average Bonchev–Trinajstić information content (AvgIpc) is 2.65. The second-order valence-corrected chi connectivity index (χ2v) is 5.93. The second kappa shape index (κ2) is 9.02. The van der Waals surface area contributed by atoms with Crippen molar-refractivity contribution in [3.05, 3.63) is 53.3 Å². The van der Waals surface area contributed by atoms with Gasteiger partial charge < -0.3 is 19.1 Å². The molecule has 0 unspecified atom stereocenters. The van der Waals surface area contributed by atoms with Gasteiger partial charge >= 0.3 is 0 Å². The molecular weight excluding hydrogens is 353 g/mol. The van der Waals surface area contributed by atoms with Crippen molar-refractivity contribution in [2.45, 2.75) is 13.5 Å². The van der Waals surface area contributed by atoms with Crippen molar-refractivity contribution < 1.29 is 28.2 Å². The topological polar surface area (TPSA) is 65.1 Å². The van der Waals surface area contributed by atoms with E-state index in [1.165, 1.54) is 38.2 Å². The van der Waals surface area contributed by atoms with Gasteiger partial charge in [-0.1, -0.05) is 6.07 Å². The molecule has 1 amide bonds. The molecular formula is C20H22FNO5. The molecule has 0 aliphatic heterocycles. The first-order valence-electron chi connectivity index (χ1n) is 8.23. The molecule has 0 spiro atoms. The van der Waals surface area contributed by atoms with E-state index in [0.717, 1.165) is 0 Å². The van der Waals surface area contributed by atoms with Crippen LogP contribution in [0.3, 0.4) is 0 Å². The van der Waals surface area contributed by atoms with Gasteiger partial charge in [0.25, 0.3) is 5.91 Å². The van der Waals surface area contributed by atoms with E-state index in [1.807, 2.05) is 0 Å². The van der Waals surface area contributed by atoms with Crippen molar-refractivity contribution in [1.82, 2.24) is 4.90 Å². The molecule has 0 N–H and O–H groups in total. The third-order valence-corrected chi connectivity index (χ3v) is 3.98. The molecule has 27 heavy (non-hydrogen) atoms. The van der Waals surface area contributed by atoms with E-state index in [1.54, 1.807) is 31.3 Å². The maximum Gasteiger partial charge on any atom is 0.260 e. The highest BCUT2D eigenvalue weighted by Gasteiger charge is 2.14. The minimum Gasteiger partial charge on any atom is -0.494 e. The lowest BCUT2D eigenvalue weighted by Crippen LogP contribution is -2.31. The number of ether oxygens (including phenoxy) is 3. The lowest BCUT2D eigenvalue weighted by Gasteiger charge is -2.18. The first kappa shape index (κ1) is 20.2. The molecule has 0 saturated carbocycles. The molecule has 0 aliphatic rings. The highest BCUT2D eigenvalue weighted by molar-refractivity contribution is 5.94. The number of Topliss-reactive ketones (excluding diaryl/α,β-unsaturated/α-hetero) is 1. The van der Waals surface area contributed by atoms with Gasteiger partial charge in [-0.05, 0) is 42.8 Å². The first-order chi connectivity index (χ1) is 12.8. The summed E-state index contributed by atoms with van der Waals surface area (Å²) in [6.45, 7) is 1.46. The molecule has 2 aromatic carbocycles. The highest BCUT2D eigenvalue weighted by atomic mass is 19.1. The minimum absolute atomic E-state index is 0.0950. The standard InChI is InChI=1S/C20H22FNO5/c1-13(23)15-6-8-18(19(10-15)26-4)27-12-20(24)22(2)11-14-5-7-17(25-3)16(21)9-14/h5-10H,11-12H2,1-4H3. The molecule has 6 nitrogen and oxygen atoms in total. The maximum atomic E-state index is 13.8. The van der Waals surface area contributed by atoms with Crippen molar-refractivity contribution in [2.24, 2.45) is 0 Å². The molecule has 0 aromatic heterocycles. The number of rotatable bonds is 8. The lowest BCUT2D eigenvalue weighted by molar-refractivity contribution is -0.132. The summed E-state index contributed by atoms with van der Waals surface area (Å²) in [4.78, 5) is 25.1. The average molecular weight is 375 g/mol. The third-order valence-electron chi connectivity index (χ3n) is 3.98. The number of amides is 1. The molecule has 0 saturated heterocycles. The van der Waals surface area contributed by atoms with Crippen LogP contribution in [0.25, 0.3) is 0 Å². The van der Waals surface area contributed by atoms with E-state index < -0.39 is 5.82 Å². The molecule has 2 aromatic rings. The van der Waals surface area contributed by atoms with Crippen molar-refractivity contribution in [1.29, 1.82) is 0 Å². The van der Waals surface area contributed by atoms with Crippen LogP contribution in [-0.4, -0.2) is 44.5 Å². The summed E-state index contributed by atoms with van der Waals surface area (Å²) >= 11 is 0. The van der Waals surface area contributed by atoms with Crippen molar-refractivity contribution in [2.75, 3.05) is 27.9 Å².